The van der Waals surface area contributed by atoms with Crippen molar-refractivity contribution in [1.29, 1.82) is 0 Å². The van der Waals surface area contributed by atoms with E-state index in [0.717, 1.165) is 10.9 Å². The van der Waals surface area contributed by atoms with Crippen molar-refractivity contribution in [1.82, 2.24) is 9.71 Å². The van der Waals surface area contributed by atoms with Gasteiger partial charge in [0.1, 0.15) is 5.82 Å². The normalized spacial score (nSPS) is 11.6. The van der Waals surface area contributed by atoms with Gasteiger partial charge in [-0.3, -0.25) is 0 Å². The molecule has 1 aromatic heterocycles. The third kappa shape index (κ3) is 3.59. The fraction of sp³-hybridized carbons (Fsp3) is 0.286. The standard InChI is InChI=1S/C14H15FN2O2S/c1-2-3-8-20(18,19)17-7-6-11-10-16-14-9-12(15)4-5-13(11)14/h1,4-5,9-10,16-17H,3,6-8H2. The molecule has 0 saturated heterocycles. The average Bonchev–Trinajstić information content (AvgIpc) is 2.79. The van der Waals surface area contributed by atoms with Gasteiger partial charge in [-0.2, -0.15) is 0 Å². The van der Waals surface area contributed by atoms with Crippen LogP contribution in [0.25, 0.3) is 10.9 Å². The predicted octanol–water partition coefficient (Wildman–Crippen LogP) is 1.79. The van der Waals surface area contributed by atoms with Gasteiger partial charge in [0.2, 0.25) is 10.0 Å². The van der Waals surface area contributed by atoms with Gasteiger partial charge in [0.15, 0.2) is 0 Å². The van der Waals surface area contributed by atoms with E-state index in [1.165, 1.54) is 12.1 Å². The maximum absolute atomic E-state index is 13.0. The zero-order chi connectivity index (χ0) is 14.6. The van der Waals surface area contributed by atoms with E-state index in [2.05, 4.69) is 15.6 Å². The molecule has 0 amide bonds. The Morgan fingerprint density at radius 2 is 2.20 bits per heavy atom. The minimum Gasteiger partial charge on any atom is -0.361 e. The molecule has 20 heavy (non-hydrogen) atoms. The van der Waals surface area contributed by atoms with Crippen molar-refractivity contribution in [2.24, 2.45) is 0 Å². The number of hydrogen-bond acceptors (Lipinski definition) is 2. The van der Waals surface area contributed by atoms with Crippen LogP contribution in [0.15, 0.2) is 24.4 Å². The number of fused-ring (bicyclic) bond motifs is 1. The van der Waals surface area contributed by atoms with Crippen molar-refractivity contribution in [3.63, 3.8) is 0 Å². The van der Waals surface area contributed by atoms with Crippen molar-refractivity contribution in [2.75, 3.05) is 12.3 Å². The molecule has 2 N–H and O–H groups in total. The maximum atomic E-state index is 13.0. The van der Waals surface area contributed by atoms with Gasteiger partial charge in [-0.25, -0.2) is 17.5 Å². The first-order valence-electron chi connectivity index (χ1n) is 6.18. The Morgan fingerprint density at radius 1 is 1.40 bits per heavy atom. The van der Waals surface area contributed by atoms with E-state index < -0.39 is 10.0 Å². The van der Waals surface area contributed by atoms with Gasteiger partial charge >= 0.3 is 0 Å². The molecule has 0 atom stereocenters. The molecule has 0 unspecified atom stereocenters. The number of halogens is 1. The van der Waals surface area contributed by atoms with E-state index in [9.17, 15) is 12.8 Å². The molecule has 0 spiro atoms. The lowest BCUT2D eigenvalue weighted by atomic mass is 10.1. The second-order valence-corrected chi connectivity index (χ2v) is 6.35. The van der Waals surface area contributed by atoms with E-state index in [4.69, 9.17) is 6.42 Å². The molecule has 4 nitrogen and oxygen atoms in total. The summed E-state index contributed by atoms with van der Waals surface area (Å²) in [5, 5.41) is 0.897. The first-order valence-corrected chi connectivity index (χ1v) is 7.83. The summed E-state index contributed by atoms with van der Waals surface area (Å²) < 4.78 is 38.7. The highest BCUT2D eigenvalue weighted by Gasteiger charge is 2.09. The van der Waals surface area contributed by atoms with Crippen molar-refractivity contribution in [3.05, 3.63) is 35.8 Å². The van der Waals surface area contributed by atoms with Gasteiger partial charge < -0.3 is 4.98 Å². The molecular formula is C14H15FN2O2S. The second kappa shape index (κ2) is 6.07. The zero-order valence-corrected chi connectivity index (χ0v) is 11.6. The van der Waals surface area contributed by atoms with Gasteiger partial charge in [0, 0.05) is 30.1 Å². The Labute approximate surface area is 117 Å². The van der Waals surface area contributed by atoms with Crippen molar-refractivity contribution < 1.29 is 12.8 Å². The molecular weight excluding hydrogens is 279 g/mol. The van der Waals surface area contributed by atoms with Gasteiger partial charge in [0.25, 0.3) is 0 Å². The summed E-state index contributed by atoms with van der Waals surface area (Å²) in [6.45, 7) is 0.289. The molecule has 106 valence electrons. The molecule has 6 heteroatoms. The highest BCUT2D eigenvalue weighted by atomic mass is 32.2. The summed E-state index contributed by atoms with van der Waals surface area (Å²) in [6.07, 6.45) is 7.53. The first-order chi connectivity index (χ1) is 9.52. The number of rotatable bonds is 6. The first kappa shape index (κ1) is 14.6. The Morgan fingerprint density at radius 3 is 2.95 bits per heavy atom. The maximum Gasteiger partial charge on any atom is 0.212 e. The van der Waals surface area contributed by atoms with Gasteiger partial charge in [-0.1, -0.05) is 0 Å². The number of sulfonamides is 1. The van der Waals surface area contributed by atoms with Crippen LogP contribution in [0.2, 0.25) is 0 Å². The number of aromatic nitrogens is 1. The van der Waals surface area contributed by atoms with Crippen LogP contribution < -0.4 is 4.72 Å². The fourth-order valence-electron chi connectivity index (χ4n) is 1.97. The molecule has 0 bridgehead atoms. The topological polar surface area (TPSA) is 62.0 Å². The van der Waals surface area contributed by atoms with E-state index in [1.807, 2.05) is 0 Å². The Kier molecular flexibility index (Phi) is 4.42. The summed E-state index contributed by atoms with van der Waals surface area (Å²) in [7, 11) is -3.32. The number of benzene rings is 1. The molecule has 0 aliphatic rings. The van der Waals surface area contributed by atoms with Gasteiger partial charge in [-0.05, 0) is 30.2 Å². The molecule has 0 radical (unpaired) electrons. The van der Waals surface area contributed by atoms with Crippen molar-refractivity contribution in [2.45, 2.75) is 12.8 Å². The highest BCUT2D eigenvalue weighted by molar-refractivity contribution is 7.89. The Bertz CT molecular complexity index is 744. The summed E-state index contributed by atoms with van der Waals surface area (Å²) in [5.74, 6) is 1.93. The number of aromatic amines is 1. The summed E-state index contributed by atoms with van der Waals surface area (Å²) in [4.78, 5) is 2.97. The molecule has 1 aromatic carbocycles. The van der Waals surface area contributed by atoms with Crippen LogP contribution >= 0.6 is 0 Å². The quantitative estimate of drug-likeness (QED) is 0.798. The Balaban J connectivity index is 1.98. The van der Waals surface area contributed by atoms with Crippen molar-refractivity contribution in [3.8, 4) is 12.3 Å². The second-order valence-electron chi connectivity index (χ2n) is 4.42. The largest absolute Gasteiger partial charge is 0.361 e. The van der Waals surface area contributed by atoms with Crippen LogP contribution in [0.3, 0.4) is 0 Å². The molecule has 2 aromatic rings. The monoisotopic (exact) mass is 294 g/mol. The summed E-state index contributed by atoms with van der Waals surface area (Å²) >= 11 is 0. The number of nitrogens with one attached hydrogen (secondary N) is 2. The molecule has 0 fully saturated rings. The van der Waals surface area contributed by atoms with Gasteiger partial charge in [-0.15, -0.1) is 12.3 Å². The molecule has 0 aliphatic carbocycles. The van der Waals surface area contributed by atoms with E-state index in [0.29, 0.717) is 11.9 Å². The number of terminal acetylenes is 1. The van der Waals surface area contributed by atoms with Gasteiger partial charge in [0.05, 0.1) is 5.75 Å². The lowest BCUT2D eigenvalue weighted by molar-refractivity contribution is 0.581. The third-order valence-electron chi connectivity index (χ3n) is 2.96. The molecule has 0 saturated carbocycles. The van der Waals surface area contributed by atoms with Crippen LogP contribution in [0.5, 0.6) is 0 Å². The summed E-state index contributed by atoms with van der Waals surface area (Å²) in [6, 6.07) is 4.48. The van der Waals surface area contributed by atoms with E-state index >= 15 is 0 Å². The minimum absolute atomic E-state index is 0.0669. The third-order valence-corrected chi connectivity index (χ3v) is 4.35. The van der Waals surface area contributed by atoms with Crippen LogP contribution in [0.4, 0.5) is 4.39 Å². The van der Waals surface area contributed by atoms with Crippen LogP contribution in [0, 0.1) is 18.2 Å². The predicted molar refractivity (Wildman–Crippen MR) is 77.2 cm³/mol. The minimum atomic E-state index is -3.32. The summed E-state index contributed by atoms with van der Waals surface area (Å²) in [5.41, 5.74) is 1.65. The molecule has 0 aliphatic heterocycles. The lowest BCUT2D eigenvalue weighted by Gasteiger charge is -2.04. The Hall–Kier alpha value is -1.84. The number of H-pyrrole nitrogens is 1. The van der Waals surface area contributed by atoms with Crippen LogP contribution in [-0.2, 0) is 16.4 Å². The number of hydrogen-bond donors (Lipinski definition) is 2. The van der Waals surface area contributed by atoms with Crippen molar-refractivity contribution >= 4 is 20.9 Å². The molecule has 1 heterocycles. The lowest BCUT2D eigenvalue weighted by Crippen LogP contribution is -2.28. The zero-order valence-electron chi connectivity index (χ0n) is 10.8. The van der Waals surface area contributed by atoms with Crippen LogP contribution in [-0.4, -0.2) is 25.7 Å². The van der Waals surface area contributed by atoms with E-state index in [1.54, 1.807) is 12.3 Å². The smallest absolute Gasteiger partial charge is 0.212 e. The van der Waals surface area contributed by atoms with Crippen LogP contribution in [0.1, 0.15) is 12.0 Å². The van der Waals surface area contributed by atoms with E-state index in [-0.39, 0.29) is 24.5 Å². The fourth-order valence-corrected chi connectivity index (χ4v) is 2.92. The average molecular weight is 294 g/mol. The SMILES string of the molecule is C#CCCS(=O)(=O)NCCc1c[nH]c2cc(F)ccc12. The highest BCUT2D eigenvalue weighted by Crippen LogP contribution is 2.19. The molecule has 2 rings (SSSR count).